The van der Waals surface area contributed by atoms with Crippen LogP contribution in [-0.2, 0) is 6.42 Å². The summed E-state index contributed by atoms with van der Waals surface area (Å²) in [5, 5.41) is 14.9. The van der Waals surface area contributed by atoms with Crippen LogP contribution in [0.25, 0.3) is 0 Å². The van der Waals surface area contributed by atoms with Crippen LogP contribution in [0.1, 0.15) is 34.5 Å². The van der Waals surface area contributed by atoms with Gasteiger partial charge in [-0.15, -0.1) is 11.3 Å². The number of nitrogens with zero attached hydrogens (tertiary/aromatic N) is 3. The fourth-order valence-electron chi connectivity index (χ4n) is 2.60. The Morgan fingerprint density at radius 2 is 2.22 bits per heavy atom. The first-order chi connectivity index (χ1) is 11.3. The maximum atomic E-state index is 12.1. The molecule has 23 heavy (non-hydrogen) atoms. The van der Waals surface area contributed by atoms with Crippen LogP contribution in [0.5, 0.6) is 0 Å². The zero-order valence-electron chi connectivity index (χ0n) is 12.8. The number of carbonyl (C=O) groups is 1. The van der Waals surface area contributed by atoms with Gasteiger partial charge in [-0.3, -0.25) is 4.79 Å². The highest BCUT2D eigenvalue weighted by Crippen LogP contribution is 2.24. The molecule has 6 heteroatoms. The van der Waals surface area contributed by atoms with E-state index < -0.39 is 0 Å². The summed E-state index contributed by atoms with van der Waals surface area (Å²) in [5.74, 6) is -0.155. The van der Waals surface area contributed by atoms with E-state index >= 15 is 0 Å². The standard InChI is InChI=1S/C17H18N4OS/c18-11-13-4-3-5-14(10-13)16(22)19-7-6-15-12-23-17(20-15)21-8-1-2-9-21/h3-5,10,12H,1-2,6-9H2,(H,19,22). The second-order valence-corrected chi connectivity index (χ2v) is 6.35. The van der Waals surface area contributed by atoms with E-state index in [4.69, 9.17) is 5.26 Å². The van der Waals surface area contributed by atoms with Crippen LogP contribution >= 0.6 is 11.3 Å². The molecular weight excluding hydrogens is 308 g/mol. The van der Waals surface area contributed by atoms with Crippen molar-refractivity contribution < 1.29 is 4.79 Å². The molecule has 2 heterocycles. The van der Waals surface area contributed by atoms with Gasteiger partial charge < -0.3 is 10.2 Å². The first-order valence-corrected chi connectivity index (χ1v) is 8.62. The molecule has 1 amide bonds. The third-order valence-electron chi connectivity index (χ3n) is 3.84. The van der Waals surface area contributed by atoms with Crippen molar-refractivity contribution in [3.63, 3.8) is 0 Å². The van der Waals surface area contributed by atoms with Crippen LogP contribution in [-0.4, -0.2) is 30.5 Å². The van der Waals surface area contributed by atoms with Crippen molar-refractivity contribution >= 4 is 22.4 Å². The molecule has 0 saturated carbocycles. The van der Waals surface area contributed by atoms with E-state index in [-0.39, 0.29) is 5.91 Å². The minimum absolute atomic E-state index is 0.155. The molecule has 2 aromatic rings. The van der Waals surface area contributed by atoms with Crippen molar-refractivity contribution in [3.05, 3.63) is 46.5 Å². The van der Waals surface area contributed by atoms with Crippen LogP contribution < -0.4 is 10.2 Å². The van der Waals surface area contributed by atoms with Crippen molar-refractivity contribution in [2.24, 2.45) is 0 Å². The smallest absolute Gasteiger partial charge is 0.251 e. The molecule has 118 valence electrons. The summed E-state index contributed by atoms with van der Waals surface area (Å²) in [6, 6.07) is 8.76. The molecular formula is C17H18N4OS. The maximum Gasteiger partial charge on any atom is 0.251 e. The van der Waals surface area contributed by atoms with Gasteiger partial charge in [-0.25, -0.2) is 4.98 Å². The number of hydrogen-bond donors (Lipinski definition) is 1. The number of anilines is 1. The number of thiazole rings is 1. The molecule has 0 bridgehead atoms. The van der Waals surface area contributed by atoms with Gasteiger partial charge in [-0.2, -0.15) is 5.26 Å². The molecule has 1 aromatic heterocycles. The number of amides is 1. The predicted octanol–water partition coefficient (Wildman–Crippen LogP) is 2.59. The monoisotopic (exact) mass is 326 g/mol. The third-order valence-corrected chi connectivity index (χ3v) is 4.79. The molecule has 0 unspecified atom stereocenters. The third kappa shape index (κ3) is 3.88. The molecule has 1 aliphatic heterocycles. The summed E-state index contributed by atoms with van der Waals surface area (Å²) in [6.45, 7) is 2.73. The van der Waals surface area contributed by atoms with E-state index in [0.717, 1.165) is 23.9 Å². The Balaban J connectivity index is 1.51. The SMILES string of the molecule is N#Cc1cccc(C(=O)NCCc2csc(N3CCCC3)n2)c1. The number of hydrogen-bond acceptors (Lipinski definition) is 5. The zero-order chi connectivity index (χ0) is 16.1. The lowest BCUT2D eigenvalue weighted by molar-refractivity contribution is 0.0954. The van der Waals surface area contributed by atoms with Gasteiger partial charge in [0, 0.05) is 37.0 Å². The molecule has 1 N–H and O–H groups in total. The van der Waals surface area contributed by atoms with Gasteiger partial charge in [0.2, 0.25) is 0 Å². The topological polar surface area (TPSA) is 69.0 Å². The van der Waals surface area contributed by atoms with Crippen LogP contribution in [0.15, 0.2) is 29.6 Å². The largest absolute Gasteiger partial charge is 0.352 e. The van der Waals surface area contributed by atoms with E-state index in [9.17, 15) is 4.79 Å². The van der Waals surface area contributed by atoms with Gasteiger partial charge in [0.25, 0.3) is 5.91 Å². The molecule has 1 aliphatic rings. The number of carbonyl (C=O) groups excluding carboxylic acids is 1. The summed E-state index contributed by atoms with van der Waals surface area (Å²) in [5.41, 5.74) is 2.02. The summed E-state index contributed by atoms with van der Waals surface area (Å²) < 4.78 is 0. The summed E-state index contributed by atoms with van der Waals surface area (Å²) in [7, 11) is 0. The van der Waals surface area contributed by atoms with E-state index in [1.807, 2.05) is 6.07 Å². The summed E-state index contributed by atoms with van der Waals surface area (Å²) >= 11 is 1.67. The number of nitrogens with one attached hydrogen (secondary N) is 1. The Labute approximate surface area is 139 Å². The lowest BCUT2D eigenvalue weighted by Gasteiger charge is -2.12. The first-order valence-electron chi connectivity index (χ1n) is 7.74. The Morgan fingerprint density at radius 1 is 1.39 bits per heavy atom. The maximum absolute atomic E-state index is 12.1. The lowest BCUT2D eigenvalue weighted by atomic mass is 10.1. The van der Waals surface area contributed by atoms with Crippen LogP contribution in [0, 0.1) is 11.3 Å². The molecule has 3 rings (SSSR count). The normalized spacial score (nSPS) is 13.8. The van der Waals surface area contributed by atoms with E-state index in [1.165, 1.54) is 12.8 Å². The van der Waals surface area contributed by atoms with Gasteiger partial charge in [0.05, 0.1) is 17.3 Å². The Kier molecular flexibility index (Phi) is 4.89. The molecule has 1 fully saturated rings. The molecule has 0 atom stereocenters. The minimum Gasteiger partial charge on any atom is -0.352 e. The van der Waals surface area contributed by atoms with Crippen molar-refractivity contribution in [1.82, 2.24) is 10.3 Å². The first kappa shape index (κ1) is 15.5. The van der Waals surface area contributed by atoms with Crippen molar-refractivity contribution in [2.75, 3.05) is 24.5 Å². The van der Waals surface area contributed by atoms with Gasteiger partial charge in [-0.05, 0) is 31.0 Å². The van der Waals surface area contributed by atoms with Gasteiger partial charge in [0.1, 0.15) is 0 Å². The summed E-state index contributed by atoms with van der Waals surface area (Å²) in [6.07, 6.45) is 3.20. The fraction of sp³-hybridized carbons (Fsp3) is 0.353. The van der Waals surface area contributed by atoms with E-state index in [2.05, 4.69) is 20.6 Å². The number of rotatable bonds is 5. The number of aromatic nitrogens is 1. The van der Waals surface area contributed by atoms with Crippen LogP contribution in [0.3, 0.4) is 0 Å². The average Bonchev–Trinajstić information content (AvgIpc) is 3.26. The summed E-state index contributed by atoms with van der Waals surface area (Å²) in [4.78, 5) is 19.0. The highest BCUT2D eigenvalue weighted by molar-refractivity contribution is 7.13. The zero-order valence-corrected chi connectivity index (χ0v) is 13.6. The minimum atomic E-state index is -0.155. The second-order valence-electron chi connectivity index (χ2n) is 5.51. The molecule has 5 nitrogen and oxygen atoms in total. The molecule has 1 saturated heterocycles. The molecule has 1 aromatic carbocycles. The van der Waals surface area contributed by atoms with E-state index in [1.54, 1.807) is 35.6 Å². The van der Waals surface area contributed by atoms with Crippen molar-refractivity contribution in [2.45, 2.75) is 19.3 Å². The quantitative estimate of drug-likeness (QED) is 0.917. The average molecular weight is 326 g/mol. The van der Waals surface area contributed by atoms with Crippen molar-refractivity contribution in [1.29, 1.82) is 5.26 Å². The predicted molar refractivity (Wildman–Crippen MR) is 90.8 cm³/mol. The van der Waals surface area contributed by atoms with Crippen LogP contribution in [0.2, 0.25) is 0 Å². The van der Waals surface area contributed by atoms with E-state index in [0.29, 0.717) is 24.1 Å². The highest BCUT2D eigenvalue weighted by atomic mass is 32.1. The molecule has 0 aliphatic carbocycles. The van der Waals surface area contributed by atoms with Gasteiger partial charge in [0.15, 0.2) is 5.13 Å². The number of benzene rings is 1. The Morgan fingerprint density at radius 3 is 3.00 bits per heavy atom. The lowest BCUT2D eigenvalue weighted by Crippen LogP contribution is -2.25. The van der Waals surface area contributed by atoms with Gasteiger partial charge >= 0.3 is 0 Å². The Bertz CT molecular complexity index is 728. The fourth-order valence-corrected chi connectivity index (χ4v) is 3.51. The number of nitriles is 1. The van der Waals surface area contributed by atoms with Crippen LogP contribution in [0.4, 0.5) is 5.13 Å². The molecule has 0 radical (unpaired) electrons. The highest BCUT2D eigenvalue weighted by Gasteiger charge is 2.15. The second kappa shape index (κ2) is 7.25. The Hall–Kier alpha value is -2.39. The van der Waals surface area contributed by atoms with Gasteiger partial charge in [-0.1, -0.05) is 6.07 Å². The molecule has 0 spiro atoms. The van der Waals surface area contributed by atoms with Crippen molar-refractivity contribution in [3.8, 4) is 6.07 Å².